The fourth-order valence-corrected chi connectivity index (χ4v) is 3.57. The van der Waals surface area contributed by atoms with E-state index in [4.69, 9.17) is 16.0 Å². The highest BCUT2D eigenvalue weighted by molar-refractivity contribution is 6.35. The zero-order valence-corrected chi connectivity index (χ0v) is 15.1. The lowest BCUT2D eigenvalue weighted by atomic mass is 10.1. The van der Waals surface area contributed by atoms with Crippen LogP contribution in [0.2, 0.25) is 5.02 Å². The number of likely N-dealkylation sites (N-methyl/N-ethyl adjacent to an activating group) is 1. The van der Waals surface area contributed by atoms with Crippen molar-refractivity contribution in [2.24, 2.45) is 0 Å². The van der Waals surface area contributed by atoms with Gasteiger partial charge in [0.05, 0.1) is 11.1 Å². The van der Waals surface area contributed by atoms with Crippen LogP contribution in [0.3, 0.4) is 0 Å². The second-order valence-corrected chi connectivity index (χ2v) is 6.91. The largest absolute Gasteiger partial charge is 0.449 e. The zero-order valence-electron chi connectivity index (χ0n) is 14.4. The number of carbonyl (C=O) groups is 2. The Hall–Kier alpha value is -2.01. The number of hydrogen-bond donors (Lipinski definition) is 0. The second kappa shape index (κ2) is 6.13. The molecule has 0 unspecified atom stereocenters. The molecule has 6 heteroatoms. The Labute approximate surface area is 146 Å². The number of benzene rings is 1. The van der Waals surface area contributed by atoms with Crippen LogP contribution in [0.4, 0.5) is 0 Å². The predicted octanol–water partition coefficient (Wildman–Crippen LogP) is 3.40. The summed E-state index contributed by atoms with van der Waals surface area (Å²) in [6.07, 6.45) is 0.779. The van der Waals surface area contributed by atoms with E-state index in [1.54, 1.807) is 16.8 Å². The fraction of sp³-hybridized carbons (Fsp3) is 0.444. The van der Waals surface area contributed by atoms with Gasteiger partial charge in [-0.3, -0.25) is 9.59 Å². The molecule has 0 bridgehead atoms. The molecule has 1 aliphatic rings. The lowest BCUT2D eigenvalue weighted by molar-refractivity contribution is -0.129. The molecule has 1 aromatic heterocycles. The monoisotopic (exact) mass is 348 g/mol. The van der Waals surface area contributed by atoms with Crippen LogP contribution >= 0.6 is 11.6 Å². The lowest BCUT2D eigenvalue weighted by Crippen LogP contribution is -2.38. The van der Waals surface area contributed by atoms with Gasteiger partial charge < -0.3 is 14.2 Å². The Morgan fingerprint density at radius 3 is 2.71 bits per heavy atom. The van der Waals surface area contributed by atoms with Gasteiger partial charge >= 0.3 is 0 Å². The highest BCUT2D eigenvalue weighted by atomic mass is 35.5. The molecular weight excluding hydrogens is 328 g/mol. The number of nitrogens with zero attached hydrogens (tertiary/aromatic N) is 2. The lowest BCUT2D eigenvalue weighted by Gasteiger charge is -2.23. The van der Waals surface area contributed by atoms with E-state index in [1.807, 2.05) is 26.0 Å². The topological polar surface area (TPSA) is 53.8 Å². The third kappa shape index (κ3) is 2.77. The average molecular weight is 349 g/mol. The summed E-state index contributed by atoms with van der Waals surface area (Å²) < 4.78 is 5.80. The van der Waals surface area contributed by atoms with Crippen LogP contribution in [0.15, 0.2) is 16.5 Å². The van der Waals surface area contributed by atoms with Crippen LogP contribution in [0.1, 0.15) is 35.0 Å². The first-order valence-electron chi connectivity index (χ1n) is 8.01. The van der Waals surface area contributed by atoms with E-state index in [0.717, 1.165) is 22.9 Å². The van der Waals surface area contributed by atoms with Crippen LogP contribution in [0.5, 0.6) is 0 Å². The Morgan fingerprint density at radius 1 is 1.33 bits per heavy atom. The Kier molecular flexibility index (Phi) is 4.30. The molecule has 1 fully saturated rings. The number of amides is 2. The van der Waals surface area contributed by atoms with E-state index in [2.05, 4.69) is 0 Å². The van der Waals surface area contributed by atoms with Gasteiger partial charge in [-0.05, 0) is 38.0 Å². The zero-order chi connectivity index (χ0) is 17.6. The van der Waals surface area contributed by atoms with Crippen molar-refractivity contribution in [1.29, 1.82) is 0 Å². The normalized spacial score (nSPS) is 17.5. The predicted molar refractivity (Wildman–Crippen MR) is 93.5 cm³/mol. The van der Waals surface area contributed by atoms with E-state index in [-0.39, 0.29) is 17.9 Å². The summed E-state index contributed by atoms with van der Waals surface area (Å²) in [4.78, 5) is 27.8. The molecule has 2 heterocycles. The number of halogens is 1. The van der Waals surface area contributed by atoms with Crippen LogP contribution in [0.25, 0.3) is 11.0 Å². The fourth-order valence-electron chi connectivity index (χ4n) is 3.26. The molecule has 3 rings (SSSR count). The molecule has 5 nitrogen and oxygen atoms in total. The van der Waals surface area contributed by atoms with Crippen molar-refractivity contribution in [2.75, 3.05) is 20.1 Å². The minimum absolute atomic E-state index is 0.0106. The number of aryl methyl sites for hydroxylation is 2. The van der Waals surface area contributed by atoms with Gasteiger partial charge in [-0.1, -0.05) is 11.6 Å². The summed E-state index contributed by atoms with van der Waals surface area (Å²) in [6.45, 7) is 6.52. The van der Waals surface area contributed by atoms with Crippen molar-refractivity contribution in [3.8, 4) is 0 Å². The summed E-state index contributed by atoms with van der Waals surface area (Å²) in [5.74, 6) is 0.206. The van der Waals surface area contributed by atoms with E-state index >= 15 is 0 Å². The van der Waals surface area contributed by atoms with Crippen LogP contribution in [-0.2, 0) is 4.79 Å². The smallest absolute Gasteiger partial charge is 0.289 e. The number of carbonyl (C=O) groups excluding carboxylic acids is 2. The molecular formula is C18H21ClN2O3. The van der Waals surface area contributed by atoms with Crippen LogP contribution in [0, 0.1) is 13.8 Å². The SMILES string of the molecule is CC(=O)N(C)[C@H]1CCN(C(=O)c2oc3c(Cl)cc(C)cc3c2C)C1. The highest BCUT2D eigenvalue weighted by Gasteiger charge is 2.33. The van der Waals surface area contributed by atoms with Crippen molar-refractivity contribution in [3.05, 3.63) is 34.0 Å². The molecule has 0 saturated carbocycles. The molecule has 0 aliphatic carbocycles. The van der Waals surface area contributed by atoms with Gasteiger partial charge in [0.1, 0.15) is 0 Å². The quantitative estimate of drug-likeness (QED) is 0.835. The van der Waals surface area contributed by atoms with Crippen molar-refractivity contribution in [3.63, 3.8) is 0 Å². The molecule has 1 atom stereocenters. The first-order valence-corrected chi connectivity index (χ1v) is 8.39. The molecule has 128 valence electrons. The molecule has 0 radical (unpaired) electrons. The van der Waals surface area contributed by atoms with E-state index < -0.39 is 0 Å². The van der Waals surface area contributed by atoms with Crippen molar-refractivity contribution < 1.29 is 14.0 Å². The molecule has 0 N–H and O–H groups in total. The maximum Gasteiger partial charge on any atom is 0.289 e. The molecule has 0 spiro atoms. The summed E-state index contributed by atoms with van der Waals surface area (Å²) in [7, 11) is 1.77. The Bertz CT molecular complexity index is 827. The van der Waals surface area contributed by atoms with E-state index in [9.17, 15) is 9.59 Å². The van der Waals surface area contributed by atoms with Gasteiger partial charge in [0, 0.05) is 38.0 Å². The summed E-state index contributed by atoms with van der Waals surface area (Å²) >= 11 is 6.25. The van der Waals surface area contributed by atoms with Crippen molar-refractivity contribution in [1.82, 2.24) is 9.80 Å². The average Bonchev–Trinajstić information content (AvgIpc) is 3.12. The van der Waals surface area contributed by atoms with Gasteiger partial charge in [0.2, 0.25) is 5.91 Å². The number of furan rings is 1. The summed E-state index contributed by atoms with van der Waals surface area (Å²) in [6, 6.07) is 3.86. The summed E-state index contributed by atoms with van der Waals surface area (Å²) in [5, 5.41) is 1.39. The van der Waals surface area contributed by atoms with Crippen molar-refractivity contribution >= 4 is 34.4 Å². The first-order chi connectivity index (χ1) is 11.3. The number of fused-ring (bicyclic) bond motifs is 1. The van der Waals surface area contributed by atoms with Crippen LogP contribution < -0.4 is 0 Å². The maximum atomic E-state index is 12.9. The standard InChI is InChI=1S/C18H21ClN2O3/c1-10-7-14-11(2)16(24-17(14)15(19)8-10)18(23)21-6-5-13(9-21)20(4)12(3)22/h7-8,13H,5-6,9H2,1-4H3/t13-/m0/s1. The van der Waals surface area contributed by atoms with Crippen molar-refractivity contribution in [2.45, 2.75) is 33.2 Å². The third-order valence-corrected chi connectivity index (χ3v) is 5.11. The number of hydrogen-bond acceptors (Lipinski definition) is 3. The molecule has 1 saturated heterocycles. The van der Waals surface area contributed by atoms with E-state index in [0.29, 0.717) is 29.5 Å². The van der Waals surface area contributed by atoms with Gasteiger partial charge in [-0.25, -0.2) is 0 Å². The minimum Gasteiger partial charge on any atom is -0.449 e. The Balaban J connectivity index is 1.89. The molecule has 1 aliphatic heterocycles. The first kappa shape index (κ1) is 16.8. The molecule has 2 amide bonds. The molecule has 2 aromatic rings. The van der Waals surface area contributed by atoms with Gasteiger partial charge in [0.15, 0.2) is 11.3 Å². The van der Waals surface area contributed by atoms with E-state index in [1.165, 1.54) is 6.92 Å². The Morgan fingerprint density at radius 2 is 2.04 bits per heavy atom. The maximum absolute atomic E-state index is 12.9. The van der Waals surface area contributed by atoms with Crippen LogP contribution in [-0.4, -0.2) is 47.8 Å². The minimum atomic E-state index is -0.142. The third-order valence-electron chi connectivity index (χ3n) is 4.83. The highest BCUT2D eigenvalue weighted by Crippen LogP contribution is 2.33. The molecule has 1 aromatic carbocycles. The van der Waals surface area contributed by atoms with Gasteiger partial charge in [0.25, 0.3) is 5.91 Å². The second-order valence-electron chi connectivity index (χ2n) is 6.50. The van der Waals surface area contributed by atoms with Gasteiger partial charge in [-0.2, -0.15) is 0 Å². The number of likely N-dealkylation sites (tertiary alicyclic amines) is 1. The van der Waals surface area contributed by atoms with Gasteiger partial charge in [-0.15, -0.1) is 0 Å². The number of rotatable bonds is 2. The molecule has 24 heavy (non-hydrogen) atoms. The summed E-state index contributed by atoms with van der Waals surface area (Å²) in [5.41, 5.74) is 2.39.